The van der Waals surface area contributed by atoms with Crippen LogP contribution in [0.15, 0.2) is 24.3 Å². The Bertz CT molecular complexity index is 335. The first-order chi connectivity index (χ1) is 8.62. The molecule has 0 saturated heterocycles. The minimum atomic E-state index is 0.126. The summed E-state index contributed by atoms with van der Waals surface area (Å²) in [6.07, 6.45) is 2.09. The molecule has 0 spiro atoms. The number of hydrazine groups is 1. The summed E-state index contributed by atoms with van der Waals surface area (Å²) in [6.45, 7) is 6.47. The van der Waals surface area contributed by atoms with Crippen molar-refractivity contribution in [2.45, 2.75) is 45.8 Å². The number of ether oxygens (including phenoxy) is 1. The van der Waals surface area contributed by atoms with Crippen LogP contribution < -0.4 is 11.3 Å². The molecule has 3 N–H and O–H groups in total. The number of nitrogens with one attached hydrogen (secondary N) is 1. The van der Waals surface area contributed by atoms with Crippen molar-refractivity contribution >= 4 is 0 Å². The van der Waals surface area contributed by atoms with Gasteiger partial charge in [0.2, 0.25) is 0 Å². The molecule has 3 heteroatoms. The maximum absolute atomic E-state index is 5.66. The van der Waals surface area contributed by atoms with Gasteiger partial charge in [-0.3, -0.25) is 11.3 Å². The maximum atomic E-state index is 5.66. The van der Waals surface area contributed by atoms with E-state index in [1.807, 2.05) is 0 Å². The lowest BCUT2D eigenvalue weighted by atomic mass is 9.94. The zero-order valence-electron chi connectivity index (χ0n) is 11.9. The minimum absolute atomic E-state index is 0.126. The lowest BCUT2D eigenvalue weighted by Crippen LogP contribution is -2.48. The van der Waals surface area contributed by atoms with Crippen LogP contribution in [0.1, 0.15) is 31.9 Å². The number of nitrogens with two attached hydrogens (primary N) is 1. The van der Waals surface area contributed by atoms with Crippen molar-refractivity contribution in [3.63, 3.8) is 0 Å². The Morgan fingerprint density at radius 1 is 1.17 bits per heavy atom. The normalized spacial score (nSPS) is 14.8. The third-order valence-corrected chi connectivity index (χ3v) is 3.43. The Labute approximate surface area is 111 Å². The molecule has 102 valence electrons. The van der Waals surface area contributed by atoms with Gasteiger partial charge in [-0.1, -0.05) is 45.0 Å². The quantitative estimate of drug-likeness (QED) is 0.576. The molecule has 0 radical (unpaired) electrons. The lowest BCUT2D eigenvalue weighted by Gasteiger charge is -2.28. The van der Waals surface area contributed by atoms with Crippen LogP contribution in [0.5, 0.6) is 0 Å². The third kappa shape index (κ3) is 4.09. The molecular weight excluding hydrogens is 224 g/mol. The van der Waals surface area contributed by atoms with Gasteiger partial charge in [0.1, 0.15) is 0 Å². The fourth-order valence-electron chi connectivity index (χ4n) is 2.34. The van der Waals surface area contributed by atoms with Crippen molar-refractivity contribution in [3.05, 3.63) is 35.4 Å². The van der Waals surface area contributed by atoms with E-state index in [1.165, 1.54) is 11.1 Å². The number of rotatable bonds is 7. The standard InChI is InChI=1S/C15H26N2O/c1-5-12-6-8-13(9-7-12)10-14(17-16)15(18-4)11(2)3/h6-9,11,14-15,17H,5,10,16H2,1-4H3. The maximum Gasteiger partial charge on any atom is 0.0763 e. The Balaban J connectivity index is 2.72. The van der Waals surface area contributed by atoms with Crippen molar-refractivity contribution < 1.29 is 4.74 Å². The van der Waals surface area contributed by atoms with E-state index in [2.05, 4.69) is 50.5 Å². The van der Waals surface area contributed by atoms with Crippen LogP contribution in [0.3, 0.4) is 0 Å². The summed E-state index contributed by atoms with van der Waals surface area (Å²) in [5, 5.41) is 0. The van der Waals surface area contributed by atoms with Crippen molar-refractivity contribution in [2.75, 3.05) is 7.11 Å². The average Bonchev–Trinajstić information content (AvgIpc) is 2.38. The number of hydrogen-bond donors (Lipinski definition) is 2. The SMILES string of the molecule is CCc1ccc(CC(NN)C(OC)C(C)C)cc1. The second kappa shape index (κ2) is 7.52. The molecule has 0 aliphatic heterocycles. The van der Waals surface area contributed by atoms with E-state index >= 15 is 0 Å². The number of benzene rings is 1. The third-order valence-electron chi connectivity index (χ3n) is 3.43. The van der Waals surface area contributed by atoms with Crippen LogP contribution in [0.4, 0.5) is 0 Å². The summed E-state index contributed by atoms with van der Waals surface area (Å²) in [4.78, 5) is 0. The molecule has 0 aromatic heterocycles. The fraction of sp³-hybridized carbons (Fsp3) is 0.600. The highest BCUT2D eigenvalue weighted by molar-refractivity contribution is 5.23. The lowest BCUT2D eigenvalue weighted by molar-refractivity contribution is 0.0332. The minimum Gasteiger partial charge on any atom is -0.380 e. The molecule has 1 aromatic carbocycles. The fourth-order valence-corrected chi connectivity index (χ4v) is 2.34. The summed E-state index contributed by atoms with van der Waals surface area (Å²) in [5.41, 5.74) is 5.54. The average molecular weight is 250 g/mol. The summed E-state index contributed by atoms with van der Waals surface area (Å²) in [5.74, 6) is 6.10. The molecule has 0 bridgehead atoms. The van der Waals surface area contributed by atoms with E-state index < -0.39 is 0 Å². The van der Waals surface area contributed by atoms with Gasteiger partial charge in [-0.15, -0.1) is 0 Å². The van der Waals surface area contributed by atoms with E-state index in [0.717, 1.165) is 12.8 Å². The molecule has 0 fully saturated rings. The molecule has 1 rings (SSSR count). The monoisotopic (exact) mass is 250 g/mol. The van der Waals surface area contributed by atoms with Crippen LogP contribution in [-0.4, -0.2) is 19.3 Å². The second-order valence-electron chi connectivity index (χ2n) is 5.09. The zero-order chi connectivity index (χ0) is 13.5. The van der Waals surface area contributed by atoms with Gasteiger partial charge in [0.15, 0.2) is 0 Å². The predicted molar refractivity (Wildman–Crippen MR) is 76.3 cm³/mol. The van der Waals surface area contributed by atoms with Gasteiger partial charge < -0.3 is 4.74 Å². The van der Waals surface area contributed by atoms with E-state index in [1.54, 1.807) is 7.11 Å². The van der Waals surface area contributed by atoms with Crippen molar-refractivity contribution in [3.8, 4) is 0 Å². The molecule has 0 heterocycles. The second-order valence-corrected chi connectivity index (χ2v) is 5.09. The van der Waals surface area contributed by atoms with Crippen LogP contribution in [-0.2, 0) is 17.6 Å². The molecule has 0 amide bonds. The number of methoxy groups -OCH3 is 1. The molecule has 1 aromatic rings. The van der Waals surface area contributed by atoms with Gasteiger partial charge >= 0.3 is 0 Å². The van der Waals surface area contributed by atoms with Gasteiger partial charge in [0.25, 0.3) is 0 Å². The van der Waals surface area contributed by atoms with Crippen LogP contribution in [0.25, 0.3) is 0 Å². The molecule has 0 aliphatic rings. The highest BCUT2D eigenvalue weighted by Crippen LogP contribution is 2.15. The van der Waals surface area contributed by atoms with Crippen LogP contribution in [0.2, 0.25) is 0 Å². The highest BCUT2D eigenvalue weighted by atomic mass is 16.5. The van der Waals surface area contributed by atoms with Gasteiger partial charge in [-0.25, -0.2) is 0 Å². The molecule has 0 saturated carbocycles. The summed E-state index contributed by atoms with van der Waals surface area (Å²) in [7, 11) is 1.75. The first-order valence-electron chi connectivity index (χ1n) is 6.69. The van der Waals surface area contributed by atoms with Gasteiger partial charge in [0, 0.05) is 7.11 Å². The van der Waals surface area contributed by atoms with Gasteiger partial charge in [0.05, 0.1) is 12.1 Å². The largest absolute Gasteiger partial charge is 0.380 e. The van der Waals surface area contributed by atoms with E-state index in [0.29, 0.717) is 5.92 Å². The Kier molecular flexibility index (Phi) is 6.33. The number of hydrogen-bond acceptors (Lipinski definition) is 3. The Morgan fingerprint density at radius 2 is 1.72 bits per heavy atom. The zero-order valence-corrected chi connectivity index (χ0v) is 11.9. The van der Waals surface area contributed by atoms with Gasteiger partial charge in [-0.2, -0.15) is 0 Å². The first-order valence-corrected chi connectivity index (χ1v) is 6.69. The summed E-state index contributed by atoms with van der Waals surface area (Å²) < 4.78 is 5.54. The van der Waals surface area contributed by atoms with Crippen molar-refractivity contribution in [2.24, 2.45) is 11.8 Å². The molecule has 3 nitrogen and oxygen atoms in total. The molecule has 2 atom stereocenters. The van der Waals surface area contributed by atoms with E-state index in [9.17, 15) is 0 Å². The van der Waals surface area contributed by atoms with Crippen molar-refractivity contribution in [1.82, 2.24) is 5.43 Å². The van der Waals surface area contributed by atoms with E-state index in [4.69, 9.17) is 10.6 Å². The summed E-state index contributed by atoms with van der Waals surface area (Å²) in [6, 6.07) is 8.86. The molecule has 18 heavy (non-hydrogen) atoms. The molecule has 0 aliphatic carbocycles. The first kappa shape index (κ1) is 15.2. The van der Waals surface area contributed by atoms with Crippen LogP contribution >= 0.6 is 0 Å². The van der Waals surface area contributed by atoms with Gasteiger partial charge in [-0.05, 0) is 29.9 Å². The smallest absolute Gasteiger partial charge is 0.0763 e. The molecular formula is C15H26N2O. The van der Waals surface area contributed by atoms with Crippen molar-refractivity contribution in [1.29, 1.82) is 0 Å². The Hall–Kier alpha value is -0.900. The Morgan fingerprint density at radius 3 is 2.11 bits per heavy atom. The van der Waals surface area contributed by atoms with Crippen LogP contribution in [0, 0.1) is 5.92 Å². The van der Waals surface area contributed by atoms with E-state index in [-0.39, 0.29) is 12.1 Å². The highest BCUT2D eigenvalue weighted by Gasteiger charge is 2.23. The number of aryl methyl sites for hydroxylation is 1. The summed E-state index contributed by atoms with van der Waals surface area (Å²) >= 11 is 0. The predicted octanol–water partition coefficient (Wildman–Crippen LogP) is 2.29. The molecule has 2 unspecified atom stereocenters. The topological polar surface area (TPSA) is 47.3 Å².